The van der Waals surface area contributed by atoms with Crippen LogP contribution >= 0.6 is 11.8 Å². The molecule has 1 saturated heterocycles. The predicted molar refractivity (Wildman–Crippen MR) is 105 cm³/mol. The molecule has 0 aliphatic carbocycles. The summed E-state index contributed by atoms with van der Waals surface area (Å²) >= 11 is 1.03. The van der Waals surface area contributed by atoms with Gasteiger partial charge in [-0.3, -0.25) is 9.59 Å². The lowest BCUT2D eigenvalue weighted by atomic mass is 10.2. The quantitative estimate of drug-likeness (QED) is 0.480. The molecule has 2 amide bonds. The van der Waals surface area contributed by atoms with Crippen molar-refractivity contribution in [2.75, 3.05) is 41.8 Å². The highest BCUT2D eigenvalue weighted by molar-refractivity contribution is 8.03. The number of morpholine rings is 1. The fourth-order valence-corrected chi connectivity index (χ4v) is 3.06. The first-order valence-corrected chi connectivity index (χ1v) is 9.19. The second kappa shape index (κ2) is 9.07. The van der Waals surface area contributed by atoms with Crippen molar-refractivity contribution in [1.29, 1.82) is 5.26 Å². The second-order valence-electron chi connectivity index (χ2n) is 5.74. The van der Waals surface area contributed by atoms with Gasteiger partial charge in [-0.2, -0.15) is 5.26 Å². The Morgan fingerprint density at radius 3 is 2.37 bits per heavy atom. The van der Waals surface area contributed by atoms with Gasteiger partial charge in [0.15, 0.2) is 0 Å². The SMILES string of the molecule is N#CSc1ccc(NC(=O)C(=O)Nc2ccccc2N2CCOCC2)cc1. The molecule has 0 bridgehead atoms. The number of para-hydroxylation sites is 2. The van der Waals surface area contributed by atoms with E-state index in [1.807, 2.05) is 23.6 Å². The van der Waals surface area contributed by atoms with E-state index >= 15 is 0 Å². The number of thiocyanates is 1. The molecule has 3 rings (SSSR count). The summed E-state index contributed by atoms with van der Waals surface area (Å²) in [7, 11) is 0. The van der Waals surface area contributed by atoms with Gasteiger partial charge in [-0.15, -0.1) is 0 Å². The van der Waals surface area contributed by atoms with Crippen LogP contribution in [0.3, 0.4) is 0 Å². The van der Waals surface area contributed by atoms with Gasteiger partial charge in [0, 0.05) is 23.7 Å². The largest absolute Gasteiger partial charge is 0.378 e. The molecule has 0 saturated carbocycles. The van der Waals surface area contributed by atoms with E-state index < -0.39 is 11.8 Å². The van der Waals surface area contributed by atoms with E-state index in [0.29, 0.717) is 24.6 Å². The number of carbonyl (C=O) groups excluding carboxylic acids is 2. The minimum absolute atomic E-state index is 0.485. The summed E-state index contributed by atoms with van der Waals surface area (Å²) in [5.41, 5.74) is 1.93. The minimum atomic E-state index is -0.757. The predicted octanol–water partition coefficient (Wildman–Crippen LogP) is 2.67. The Labute approximate surface area is 161 Å². The highest BCUT2D eigenvalue weighted by Gasteiger charge is 2.19. The minimum Gasteiger partial charge on any atom is -0.378 e. The molecule has 1 aliphatic rings. The van der Waals surface area contributed by atoms with E-state index in [1.54, 1.807) is 30.3 Å². The third kappa shape index (κ3) is 5.00. The lowest BCUT2D eigenvalue weighted by molar-refractivity contribution is -0.132. The monoisotopic (exact) mass is 382 g/mol. The van der Waals surface area contributed by atoms with E-state index in [-0.39, 0.29) is 0 Å². The molecule has 0 radical (unpaired) electrons. The number of nitriles is 1. The standard InChI is InChI=1S/C19H18N4O3S/c20-13-27-15-7-5-14(6-8-15)21-18(24)19(25)22-16-3-1-2-4-17(16)23-9-11-26-12-10-23/h1-8H,9-12H2,(H,21,24)(H,22,25). The van der Waals surface area contributed by atoms with Crippen LogP contribution in [0.4, 0.5) is 17.1 Å². The summed E-state index contributed by atoms with van der Waals surface area (Å²) in [5.74, 6) is -1.50. The van der Waals surface area contributed by atoms with Crippen molar-refractivity contribution < 1.29 is 14.3 Å². The number of benzene rings is 2. The Morgan fingerprint density at radius 2 is 1.67 bits per heavy atom. The number of ether oxygens (including phenoxy) is 1. The van der Waals surface area contributed by atoms with Crippen molar-refractivity contribution in [3.05, 3.63) is 48.5 Å². The lowest BCUT2D eigenvalue weighted by Crippen LogP contribution is -2.37. The highest BCUT2D eigenvalue weighted by Crippen LogP contribution is 2.26. The van der Waals surface area contributed by atoms with E-state index in [4.69, 9.17) is 10.00 Å². The first kappa shape index (κ1) is 18.8. The van der Waals surface area contributed by atoms with Crippen molar-refractivity contribution in [2.24, 2.45) is 0 Å². The molecule has 0 aromatic heterocycles. The van der Waals surface area contributed by atoms with Crippen molar-refractivity contribution in [1.82, 2.24) is 0 Å². The van der Waals surface area contributed by atoms with Gasteiger partial charge in [-0.05, 0) is 48.2 Å². The fourth-order valence-electron chi connectivity index (χ4n) is 2.69. The molecule has 7 nitrogen and oxygen atoms in total. The van der Waals surface area contributed by atoms with Gasteiger partial charge < -0.3 is 20.3 Å². The van der Waals surface area contributed by atoms with Crippen LogP contribution in [0.25, 0.3) is 0 Å². The lowest BCUT2D eigenvalue weighted by Gasteiger charge is -2.30. The maximum atomic E-state index is 12.3. The van der Waals surface area contributed by atoms with Crippen LogP contribution in [0.2, 0.25) is 0 Å². The summed E-state index contributed by atoms with van der Waals surface area (Å²) in [5, 5.41) is 15.9. The van der Waals surface area contributed by atoms with E-state index in [0.717, 1.165) is 35.4 Å². The summed E-state index contributed by atoms with van der Waals surface area (Å²) in [4.78, 5) is 27.4. The van der Waals surface area contributed by atoms with Crippen LogP contribution in [0.5, 0.6) is 0 Å². The number of carbonyl (C=O) groups is 2. The Hall–Kier alpha value is -3.02. The average Bonchev–Trinajstić information content (AvgIpc) is 2.70. The number of rotatable bonds is 4. The molecule has 1 heterocycles. The van der Waals surface area contributed by atoms with Crippen LogP contribution < -0.4 is 15.5 Å². The van der Waals surface area contributed by atoms with Crippen molar-refractivity contribution in [3.63, 3.8) is 0 Å². The molecule has 0 spiro atoms. The smallest absolute Gasteiger partial charge is 0.314 e. The van der Waals surface area contributed by atoms with Gasteiger partial charge >= 0.3 is 11.8 Å². The molecule has 8 heteroatoms. The van der Waals surface area contributed by atoms with Crippen LogP contribution in [0.15, 0.2) is 53.4 Å². The van der Waals surface area contributed by atoms with E-state index in [9.17, 15) is 9.59 Å². The Balaban J connectivity index is 1.64. The van der Waals surface area contributed by atoms with Gasteiger partial charge in [0.1, 0.15) is 5.40 Å². The summed E-state index contributed by atoms with van der Waals surface area (Å²) in [6, 6.07) is 14.1. The Morgan fingerprint density at radius 1 is 1.00 bits per heavy atom. The number of hydrogen-bond donors (Lipinski definition) is 2. The van der Waals surface area contributed by atoms with E-state index in [1.165, 1.54) is 0 Å². The van der Waals surface area contributed by atoms with Crippen LogP contribution in [0.1, 0.15) is 0 Å². The number of nitrogens with zero attached hydrogens (tertiary/aromatic N) is 2. The first-order valence-electron chi connectivity index (χ1n) is 8.37. The zero-order valence-electron chi connectivity index (χ0n) is 14.5. The number of thioether (sulfide) groups is 1. The number of anilines is 3. The highest BCUT2D eigenvalue weighted by atomic mass is 32.2. The Kier molecular flexibility index (Phi) is 6.30. The molecule has 138 valence electrons. The van der Waals surface area contributed by atoms with Gasteiger partial charge in [-0.25, -0.2) is 0 Å². The first-order chi connectivity index (χ1) is 13.2. The topological polar surface area (TPSA) is 94.5 Å². The fraction of sp³-hybridized carbons (Fsp3) is 0.211. The number of hydrogen-bond acceptors (Lipinski definition) is 6. The van der Waals surface area contributed by atoms with Crippen LogP contribution in [-0.2, 0) is 14.3 Å². The van der Waals surface area contributed by atoms with Crippen LogP contribution in [0, 0.1) is 10.7 Å². The molecule has 27 heavy (non-hydrogen) atoms. The zero-order valence-corrected chi connectivity index (χ0v) is 15.3. The van der Waals surface area contributed by atoms with Gasteiger partial charge in [-0.1, -0.05) is 12.1 Å². The molecular weight excluding hydrogens is 364 g/mol. The molecule has 0 atom stereocenters. The summed E-state index contributed by atoms with van der Waals surface area (Å²) in [6.07, 6.45) is 0. The molecular formula is C19H18N4O3S. The zero-order chi connectivity index (χ0) is 19.1. The third-order valence-electron chi connectivity index (χ3n) is 3.99. The molecule has 0 unspecified atom stereocenters. The van der Waals surface area contributed by atoms with Crippen molar-refractivity contribution in [3.8, 4) is 5.40 Å². The Bertz CT molecular complexity index is 858. The summed E-state index contributed by atoms with van der Waals surface area (Å²) in [6.45, 7) is 2.71. The van der Waals surface area contributed by atoms with Crippen molar-refractivity contribution >= 4 is 40.6 Å². The maximum absolute atomic E-state index is 12.3. The summed E-state index contributed by atoms with van der Waals surface area (Å²) < 4.78 is 5.36. The molecule has 2 aromatic carbocycles. The van der Waals surface area contributed by atoms with E-state index in [2.05, 4.69) is 15.5 Å². The molecule has 2 aromatic rings. The second-order valence-corrected chi connectivity index (χ2v) is 6.60. The van der Waals surface area contributed by atoms with Crippen molar-refractivity contribution in [2.45, 2.75) is 4.90 Å². The number of amides is 2. The maximum Gasteiger partial charge on any atom is 0.314 e. The molecule has 2 N–H and O–H groups in total. The van der Waals surface area contributed by atoms with Gasteiger partial charge in [0.05, 0.1) is 24.6 Å². The molecule has 1 aliphatic heterocycles. The average molecular weight is 382 g/mol. The van der Waals surface area contributed by atoms with Gasteiger partial charge in [0.2, 0.25) is 0 Å². The molecule has 1 fully saturated rings. The van der Waals surface area contributed by atoms with Crippen LogP contribution in [-0.4, -0.2) is 38.1 Å². The third-order valence-corrected chi connectivity index (χ3v) is 4.59. The van der Waals surface area contributed by atoms with Gasteiger partial charge in [0.25, 0.3) is 0 Å². The number of nitrogens with one attached hydrogen (secondary N) is 2. The normalized spacial score (nSPS) is 13.5.